The van der Waals surface area contributed by atoms with E-state index < -0.39 is 0 Å². The highest BCUT2D eigenvalue weighted by Gasteiger charge is 2.07. The van der Waals surface area contributed by atoms with Crippen molar-refractivity contribution in [2.45, 2.75) is 13.0 Å². The maximum absolute atomic E-state index is 4.33. The third-order valence-electron chi connectivity index (χ3n) is 2.82. The second-order valence-electron chi connectivity index (χ2n) is 3.99. The lowest BCUT2D eigenvalue weighted by Crippen LogP contribution is -2.03. The molecule has 5 nitrogen and oxygen atoms in total. The maximum Gasteiger partial charge on any atom is 0.176 e. The Balaban J connectivity index is 1.76. The van der Waals surface area contributed by atoms with E-state index in [1.807, 2.05) is 30.7 Å². The standard InChI is InChI=1S/C13H13N5/c1-4-14-5-2-11(1)3-9-18-10-8-17-13(18)12-15-6-7-16-12/h1-2,4-8,10H,3,9H2,(H,15,16). The fourth-order valence-electron chi connectivity index (χ4n) is 1.89. The zero-order valence-electron chi connectivity index (χ0n) is 9.82. The summed E-state index contributed by atoms with van der Waals surface area (Å²) in [5, 5.41) is 0. The quantitative estimate of drug-likeness (QED) is 0.756. The van der Waals surface area contributed by atoms with Crippen LogP contribution in [0, 0.1) is 0 Å². The van der Waals surface area contributed by atoms with Gasteiger partial charge in [-0.2, -0.15) is 0 Å². The molecule has 0 aliphatic heterocycles. The molecule has 0 saturated heterocycles. The summed E-state index contributed by atoms with van der Waals surface area (Å²) in [4.78, 5) is 15.6. The lowest BCUT2D eigenvalue weighted by atomic mass is 10.2. The van der Waals surface area contributed by atoms with Crippen molar-refractivity contribution < 1.29 is 0 Å². The van der Waals surface area contributed by atoms with Crippen LogP contribution in [0.5, 0.6) is 0 Å². The predicted octanol–water partition coefficient (Wildman–Crippen LogP) is 1.91. The molecule has 3 heterocycles. The minimum atomic E-state index is 0.801. The van der Waals surface area contributed by atoms with Gasteiger partial charge in [-0.25, -0.2) is 9.97 Å². The van der Waals surface area contributed by atoms with Crippen molar-refractivity contribution in [1.82, 2.24) is 24.5 Å². The van der Waals surface area contributed by atoms with E-state index in [4.69, 9.17) is 0 Å². The molecule has 0 atom stereocenters. The molecule has 3 aromatic heterocycles. The number of aromatic amines is 1. The first-order valence-corrected chi connectivity index (χ1v) is 5.83. The molecule has 0 aliphatic carbocycles. The lowest BCUT2D eigenvalue weighted by Gasteiger charge is -2.05. The van der Waals surface area contributed by atoms with Crippen molar-refractivity contribution in [3.8, 4) is 11.6 Å². The molecular weight excluding hydrogens is 226 g/mol. The Morgan fingerprint density at radius 2 is 1.94 bits per heavy atom. The minimum Gasteiger partial charge on any atom is -0.342 e. The highest BCUT2D eigenvalue weighted by Crippen LogP contribution is 2.12. The average Bonchev–Trinajstić information content (AvgIpc) is 3.08. The van der Waals surface area contributed by atoms with E-state index in [1.165, 1.54) is 5.56 Å². The Bertz CT molecular complexity index is 597. The van der Waals surface area contributed by atoms with Crippen molar-refractivity contribution in [3.05, 3.63) is 54.9 Å². The molecule has 0 bridgehead atoms. The zero-order chi connectivity index (χ0) is 12.2. The number of rotatable bonds is 4. The first kappa shape index (κ1) is 10.7. The Kier molecular flexibility index (Phi) is 2.87. The van der Waals surface area contributed by atoms with E-state index in [9.17, 15) is 0 Å². The first-order chi connectivity index (χ1) is 8.93. The van der Waals surface area contributed by atoms with Gasteiger partial charge in [-0.1, -0.05) is 0 Å². The summed E-state index contributed by atoms with van der Waals surface area (Å²) in [6.45, 7) is 0.875. The molecule has 0 spiro atoms. The lowest BCUT2D eigenvalue weighted by molar-refractivity contribution is 0.699. The van der Waals surface area contributed by atoms with Crippen molar-refractivity contribution in [2.75, 3.05) is 0 Å². The maximum atomic E-state index is 4.33. The summed E-state index contributed by atoms with van der Waals surface area (Å²) in [7, 11) is 0. The number of aromatic nitrogens is 5. The highest BCUT2D eigenvalue weighted by atomic mass is 15.1. The van der Waals surface area contributed by atoms with E-state index in [0.717, 1.165) is 24.6 Å². The normalized spacial score (nSPS) is 10.7. The molecule has 18 heavy (non-hydrogen) atoms. The zero-order valence-corrected chi connectivity index (χ0v) is 9.82. The second kappa shape index (κ2) is 4.83. The van der Waals surface area contributed by atoms with Gasteiger partial charge in [0.2, 0.25) is 0 Å². The third-order valence-corrected chi connectivity index (χ3v) is 2.82. The summed E-state index contributed by atoms with van der Waals surface area (Å²) in [6, 6.07) is 4.06. The SMILES string of the molecule is c1cc(CCn2ccnc2-c2ncc[nH]2)ccn1. The summed E-state index contributed by atoms with van der Waals surface area (Å²) < 4.78 is 2.10. The molecule has 0 aliphatic rings. The number of hydrogen-bond donors (Lipinski definition) is 1. The Morgan fingerprint density at radius 3 is 2.72 bits per heavy atom. The summed E-state index contributed by atoms with van der Waals surface area (Å²) in [6.07, 6.45) is 11.9. The minimum absolute atomic E-state index is 0.801. The van der Waals surface area contributed by atoms with Gasteiger partial charge in [-0.05, 0) is 24.1 Å². The van der Waals surface area contributed by atoms with Crippen LogP contribution in [0.25, 0.3) is 11.6 Å². The number of imidazole rings is 2. The van der Waals surface area contributed by atoms with Gasteiger partial charge in [0.1, 0.15) is 0 Å². The van der Waals surface area contributed by atoms with Crippen LogP contribution in [0.2, 0.25) is 0 Å². The number of hydrogen-bond acceptors (Lipinski definition) is 3. The molecule has 5 heteroatoms. The van der Waals surface area contributed by atoms with Crippen LogP contribution in [0.1, 0.15) is 5.56 Å². The molecular formula is C13H13N5. The topological polar surface area (TPSA) is 59.4 Å². The van der Waals surface area contributed by atoms with Gasteiger partial charge in [0.15, 0.2) is 11.6 Å². The van der Waals surface area contributed by atoms with Crippen LogP contribution in [0.3, 0.4) is 0 Å². The smallest absolute Gasteiger partial charge is 0.176 e. The highest BCUT2D eigenvalue weighted by molar-refractivity contribution is 5.43. The number of H-pyrrole nitrogens is 1. The molecule has 0 aromatic carbocycles. The van der Waals surface area contributed by atoms with Crippen molar-refractivity contribution in [2.24, 2.45) is 0 Å². The van der Waals surface area contributed by atoms with Gasteiger partial charge in [-0.15, -0.1) is 0 Å². The molecule has 3 rings (SSSR count). The van der Waals surface area contributed by atoms with Crippen molar-refractivity contribution >= 4 is 0 Å². The first-order valence-electron chi connectivity index (χ1n) is 5.83. The Hall–Kier alpha value is -2.43. The van der Waals surface area contributed by atoms with Gasteiger partial charge in [0, 0.05) is 43.7 Å². The second-order valence-corrected chi connectivity index (χ2v) is 3.99. The summed E-state index contributed by atoms with van der Waals surface area (Å²) in [5.74, 6) is 1.67. The average molecular weight is 239 g/mol. The van der Waals surface area contributed by atoms with E-state index in [2.05, 4.69) is 24.5 Å². The van der Waals surface area contributed by atoms with E-state index in [-0.39, 0.29) is 0 Å². The molecule has 3 aromatic rings. The number of nitrogens with one attached hydrogen (secondary N) is 1. The van der Waals surface area contributed by atoms with Crippen LogP contribution < -0.4 is 0 Å². The predicted molar refractivity (Wildman–Crippen MR) is 67.7 cm³/mol. The Morgan fingerprint density at radius 1 is 1.06 bits per heavy atom. The molecule has 0 unspecified atom stereocenters. The molecule has 0 amide bonds. The largest absolute Gasteiger partial charge is 0.342 e. The number of nitrogens with zero attached hydrogens (tertiary/aromatic N) is 4. The van der Waals surface area contributed by atoms with Crippen LogP contribution in [0.15, 0.2) is 49.3 Å². The van der Waals surface area contributed by atoms with Crippen LogP contribution in [-0.2, 0) is 13.0 Å². The number of pyridine rings is 1. The van der Waals surface area contributed by atoms with Gasteiger partial charge >= 0.3 is 0 Å². The van der Waals surface area contributed by atoms with Crippen LogP contribution in [0.4, 0.5) is 0 Å². The fraction of sp³-hybridized carbons (Fsp3) is 0.154. The molecule has 90 valence electrons. The fourth-order valence-corrected chi connectivity index (χ4v) is 1.89. The van der Waals surface area contributed by atoms with Crippen molar-refractivity contribution in [3.63, 3.8) is 0 Å². The van der Waals surface area contributed by atoms with Gasteiger partial charge in [0.25, 0.3) is 0 Å². The molecule has 0 fully saturated rings. The third kappa shape index (κ3) is 2.15. The van der Waals surface area contributed by atoms with E-state index in [0.29, 0.717) is 0 Å². The summed E-state index contributed by atoms with van der Waals surface area (Å²) in [5.41, 5.74) is 1.27. The monoisotopic (exact) mass is 239 g/mol. The van der Waals surface area contributed by atoms with E-state index in [1.54, 1.807) is 18.6 Å². The van der Waals surface area contributed by atoms with Gasteiger partial charge in [0.05, 0.1) is 0 Å². The number of aryl methyl sites for hydroxylation is 2. The molecule has 0 saturated carbocycles. The molecule has 0 radical (unpaired) electrons. The van der Waals surface area contributed by atoms with E-state index >= 15 is 0 Å². The van der Waals surface area contributed by atoms with Crippen LogP contribution in [-0.4, -0.2) is 24.5 Å². The van der Waals surface area contributed by atoms with Crippen molar-refractivity contribution in [1.29, 1.82) is 0 Å². The Labute approximate surface area is 105 Å². The summed E-state index contributed by atoms with van der Waals surface area (Å²) >= 11 is 0. The van der Waals surface area contributed by atoms with Crippen LogP contribution >= 0.6 is 0 Å². The van der Waals surface area contributed by atoms with Gasteiger partial charge in [-0.3, -0.25) is 4.98 Å². The van der Waals surface area contributed by atoms with Gasteiger partial charge < -0.3 is 9.55 Å². The molecule has 1 N–H and O–H groups in total.